The van der Waals surface area contributed by atoms with Crippen LogP contribution < -0.4 is 0 Å². The summed E-state index contributed by atoms with van der Waals surface area (Å²) in [5, 5.41) is 9.26. The lowest BCUT2D eigenvalue weighted by Gasteiger charge is -2.17. The predicted molar refractivity (Wildman–Crippen MR) is 124 cm³/mol. The van der Waals surface area contributed by atoms with Gasteiger partial charge in [0.1, 0.15) is 0 Å². The van der Waals surface area contributed by atoms with Crippen molar-refractivity contribution < 1.29 is 9.59 Å². The summed E-state index contributed by atoms with van der Waals surface area (Å²) >= 11 is 19.6. The van der Waals surface area contributed by atoms with E-state index in [1.165, 1.54) is 11.3 Å². The van der Waals surface area contributed by atoms with E-state index in [1.54, 1.807) is 42.2 Å². The molecule has 1 N–H and O–H groups in total. The van der Waals surface area contributed by atoms with Gasteiger partial charge in [0.25, 0.3) is 0 Å². The Morgan fingerprint density at radius 1 is 1.17 bits per heavy atom. The number of nitrogens with one attached hydrogen (secondary N) is 1. The van der Waals surface area contributed by atoms with Crippen molar-refractivity contribution in [1.29, 1.82) is 5.41 Å². The monoisotopic (exact) mass is 483 g/mol. The second-order valence-electron chi connectivity index (χ2n) is 7.02. The van der Waals surface area contributed by atoms with Gasteiger partial charge >= 0.3 is 0 Å². The van der Waals surface area contributed by atoms with Gasteiger partial charge in [0.2, 0.25) is 5.91 Å². The number of nitrogens with zero attached hydrogens (tertiary/aromatic N) is 2. The molecule has 1 fully saturated rings. The van der Waals surface area contributed by atoms with E-state index >= 15 is 0 Å². The van der Waals surface area contributed by atoms with Gasteiger partial charge < -0.3 is 10.3 Å². The molecule has 1 aromatic carbocycles. The normalized spacial score (nSPS) is 15.3. The van der Waals surface area contributed by atoms with E-state index in [1.807, 2.05) is 0 Å². The number of thiophene rings is 1. The number of halogens is 3. The van der Waals surface area contributed by atoms with Crippen LogP contribution in [0.4, 0.5) is 5.69 Å². The first-order chi connectivity index (χ1) is 14.3. The van der Waals surface area contributed by atoms with Crippen molar-refractivity contribution in [3.05, 3.63) is 49.6 Å². The van der Waals surface area contributed by atoms with Gasteiger partial charge in [-0.25, -0.2) is 4.99 Å². The zero-order valence-electron chi connectivity index (χ0n) is 16.3. The van der Waals surface area contributed by atoms with Crippen LogP contribution in [-0.2, 0) is 9.59 Å². The molecule has 1 unspecified atom stereocenters. The molecule has 2 aromatic rings. The molecule has 9 heteroatoms. The predicted octanol–water partition coefficient (Wildman–Crippen LogP) is 6.07. The Morgan fingerprint density at radius 2 is 1.87 bits per heavy atom. The quantitative estimate of drug-likeness (QED) is 0.383. The molecule has 158 valence electrons. The maximum atomic E-state index is 12.7. The van der Waals surface area contributed by atoms with Crippen molar-refractivity contribution in [2.75, 3.05) is 13.1 Å². The van der Waals surface area contributed by atoms with Crippen LogP contribution in [0.2, 0.25) is 14.4 Å². The molecule has 1 atom stereocenters. The maximum absolute atomic E-state index is 12.7. The highest BCUT2D eigenvalue weighted by Crippen LogP contribution is 2.32. The van der Waals surface area contributed by atoms with E-state index in [0.29, 0.717) is 38.9 Å². The van der Waals surface area contributed by atoms with E-state index in [9.17, 15) is 9.59 Å². The van der Waals surface area contributed by atoms with Crippen LogP contribution in [0.25, 0.3) is 0 Å². The summed E-state index contributed by atoms with van der Waals surface area (Å²) in [5.41, 5.74) is 0.792. The third-order valence-corrected chi connectivity index (χ3v) is 6.68. The lowest BCUT2D eigenvalue weighted by molar-refractivity contribution is -0.132. The minimum atomic E-state index is -0.648. The number of hydrogen-bond donors (Lipinski definition) is 1. The number of ketones is 1. The van der Waals surface area contributed by atoms with E-state index in [4.69, 9.17) is 40.2 Å². The Morgan fingerprint density at radius 3 is 2.47 bits per heavy atom. The molecular formula is C21H20Cl3N3O2S. The number of hydrogen-bond acceptors (Lipinski definition) is 5. The second-order valence-corrected chi connectivity index (χ2v) is 9.58. The fraction of sp³-hybridized carbons (Fsp3) is 0.333. The molecule has 3 rings (SSSR count). The van der Waals surface area contributed by atoms with Gasteiger partial charge in [-0.2, -0.15) is 0 Å². The Bertz CT molecular complexity index is 1010. The second kappa shape index (κ2) is 10.1. The van der Waals surface area contributed by atoms with Gasteiger partial charge in [-0.15, -0.1) is 11.3 Å². The Hall–Kier alpha value is -1.73. The van der Waals surface area contributed by atoms with Gasteiger partial charge in [0, 0.05) is 24.0 Å². The van der Waals surface area contributed by atoms with Crippen LogP contribution in [0.5, 0.6) is 0 Å². The molecule has 0 radical (unpaired) electrons. The van der Waals surface area contributed by atoms with Crippen molar-refractivity contribution in [3.8, 4) is 0 Å². The Labute approximate surface area is 194 Å². The number of carbonyl (C=O) groups excluding carboxylic acids is 2. The van der Waals surface area contributed by atoms with Gasteiger partial charge in [-0.3, -0.25) is 9.59 Å². The van der Waals surface area contributed by atoms with Gasteiger partial charge in [-0.1, -0.05) is 41.7 Å². The Balaban J connectivity index is 1.87. The molecule has 2 heterocycles. The SMILES string of the molecule is CC(C(=N)C(=O)CC(=O)N1CCCC1)C(=Nc1ccc(Cl)cc1Cl)c1ccc(Cl)s1. The molecule has 30 heavy (non-hydrogen) atoms. The Kier molecular flexibility index (Phi) is 7.69. The van der Waals surface area contributed by atoms with Crippen LogP contribution in [0, 0.1) is 11.3 Å². The molecule has 0 bridgehead atoms. The van der Waals surface area contributed by atoms with Crippen molar-refractivity contribution >= 4 is 74.9 Å². The van der Waals surface area contributed by atoms with Crippen LogP contribution in [0.15, 0.2) is 35.3 Å². The number of aliphatic imine (C=N–C) groups is 1. The fourth-order valence-electron chi connectivity index (χ4n) is 3.21. The number of likely N-dealkylation sites (tertiary alicyclic amines) is 1. The van der Waals surface area contributed by atoms with Crippen LogP contribution in [0.3, 0.4) is 0 Å². The smallest absolute Gasteiger partial charge is 0.230 e. The van der Waals surface area contributed by atoms with Crippen molar-refractivity contribution in [1.82, 2.24) is 4.90 Å². The first-order valence-corrected chi connectivity index (χ1v) is 11.4. The molecule has 5 nitrogen and oxygen atoms in total. The summed E-state index contributed by atoms with van der Waals surface area (Å²) in [6.07, 6.45) is 1.60. The summed E-state index contributed by atoms with van der Waals surface area (Å²) in [5.74, 6) is -1.38. The topological polar surface area (TPSA) is 73.6 Å². The van der Waals surface area contributed by atoms with E-state index in [-0.39, 0.29) is 18.0 Å². The minimum absolute atomic E-state index is 0.170. The molecule has 1 aromatic heterocycles. The van der Waals surface area contributed by atoms with Crippen molar-refractivity contribution in [2.45, 2.75) is 26.2 Å². The fourth-order valence-corrected chi connectivity index (χ4v) is 4.78. The molecule has 0 spiro atoms. The molecule has 1 saturated heterocycles. The highest BCUT2D eigenvalue weighted by atomic mass is 35.5. The maximum Gasteiger partial charge on any atom is 0.230 e. The van der Waals surface area contributed by atoms with Gasteiger partial charge in [0.15, 0.2) is 5.78 Å². The average molecular weight is 485 g/mol. The van der Waals surface area contributed by atoms with E-state index in [0.717, 1.165) is 17.7 Å². The average Bonchev–Trinajstić information content (AvgIpc) is 3.38. The third kappa shape index (κ3) is 5.49. The largest absolute Gasteiger partial charge is 0.342 e. The molecule has 0 saturated carbocycles. The number of carbonyl (C=O) groups is 2. The van der Waals surface area contributed by atoms with Crippen LogP contribution in [0.1, 0.15) is 31.1 Å². The van der Waals surface area contributed by atoms with Gasteiger partial charge in [0.05, 0.1) is 37.8 Å². The highest BCUT2D eigenvalue weighted by molar-refractivity contribution is 7.18. The van der Waals surface area contributed by atoms with E-state index < -0.39 is 11.7 Å². The standard InChI is InChI=1S/C21H20Cl3N3O2S/c1-12(20(25)16(28)11-19(29)27-8-2-3-9-27)21(17-6-7-18(24)30-17)26-15-5-4-13(22)10-14(15)23/h4-7,10,12,25H,2-3,8-9,11H2,1H3. The van der Waals surface area contributed by atoms with Crippen molar-refractivity contribution in [3.63, 3.8) is 0 Å². The first kappa shape index (κ1) is 22.9. The first-order valence-electron chi connectivity index (χ1n) is 9.45. The van der Waals surface area contributed by atoms with Crippen LogP contribution >= 0.6 is 46.1 Å². The molecule has 0 aliphatic carbocycles. The molecule has 1 aliphatic rings. The lowest BCUT2D eigenvalue weighted by atomic mass is 9.94. The number of Topliss-reactive ketones (excluding diaryl/α,β-unsaturated/α-hetero) is 1. The summed E-state index contributed by atoms with van der Waals surface area (Å²) in [4.78, 5) is 32.0. The molecule has 1 amide bonds. The zero-order valence-corrected chi connectivity index (χ0v) is 19.3. The van der Waals surface area contributed by atoms with E-state index in [2.05, 4.69) is 4.99 Å². The molecule has 1 aliphatic heterocycles. The van der Waals surface area contributed by atoms with Crippen LogP contribution in [-0.4, -0.2) is 41.1 Å². The summed E-state index contributed by atoms with van der Waals surface area (Å²) in [7, 11) is 0. The number of amides is 1. The third-order valence-electron chi connectivity index (χ3n) is 4.89. The lowest BCUT2D eigenvalue weighted by Crippen LogP contribution is -2.34. The highest BCUT2D eigenvalue weighted by Gasteiger charge is 2.28. The minimum Gasteiger partial charge on any atom is -0.342 e. The number of rotatable bonds is 7. The van der Waals surface area contributed by atoms with Crippen molar-refractivity contribution in [2.24, 2.45) is 10.9 Å². The zero-order chi connectivity index (χ0) is 21.8. The summed E-state index contributed by atoms with van der Waals surface area (Å²) < 4.78 is 0.564. The molecular weight excluding hydrogens is 465 g/mol. The number of benzene rings is 1. The van der Waals surface area contributed by atoms with Gasteiger partial charge in [-0.05, 0) is 43.2 Å². The summed E-state index contributed by atoms with van der Waals surface area (Å²) in [6, 6.07) is 8.45. The summed E-state index contributed by atoms with van der Waals surface area (Å²) in [6.45, 7) is 3.06.